The lowest BCUT2D eigenvalue weighted by atomic mass is 9.97. The molecule has 0 radical (unpaired) electrons. The number of H-pyrrole nitrogens is 1. The number of carbonyl (C=O) groups excluding carboxylic acids is 2. The first-order valence-electron chi connectivity index (χ1n) is 9.20. The van der Waals surface area contributed by atoms with E-state index in [0.717, 1.165) is 18.4 Å². The Balaban J connectivity index is 1.68. The van der Waals surface area contributed by atoms with Crippen molar-refractivity contribution in [3.8, 4) is 0 Å². The summed E-state index contributed by atoms with van der Waals surface area (Å²) in [5.41, 5.74) is 2.68. The molecule has 1 saturated heterocycles. The van der Waals surface area contributed by atoms with E-state index < -0.39 is 0 Å². The fraction of sp³-hybridized carbons (Fsp3) is 0.381. The highest BCUT2D eigenvalue weighted by atomic mass is 16.5. The Kier molecular flexibility index (Phi) is 5.74. The van der Waals surface area contributed by atoms with Crippen molar-refractivity contribution < 1.29 is 14.3 Å². The van der Waals surface area contributed by atoms with Gasteiger partial charge in [0.05, 0.1) is 18.2 Å². The summed E-state index contributed by atoms with van der Waals surface area (Å²) in [6.45, 7) is 3.29. The highest BCUT2D eigenvalue weighted by molar-refractivity contribution is 5.95. The van der Waals surface area contributed by atoms with E-state index in [1.54, 1.807) is 12.1 Å². The van der Waals surface area contributed by atoms with Gasteiger partial charge in [-0.25, -0.2) is 4.79 Å². The van der Waals surface area contributed by atoms with Gasteiger partial charge in [-0.1, -0.05) is 19.1 Å². The Hall–Kier alpha value is -2.89. The number of hydrogen-bond donors (Lipinski definition) is 1. The second-order valence-electron chi connectivity index (χ2n) is 6.87. The number of methoxy groups -OCH3 is 1. The smallest absolute Gasteiger partial charge is 0.337 e. The predicted octanol–water partition coefficient (Wildman–Crippen LogP) is 2.43. The van der Waals surface area contributed by atoms with Gasteiger partial charge in [0.15, 0.2) is 0 Å². The number of benzene rings is 1. The molecule has 1 aromatic heterocycles. The third kappa shape index (κ3) is 4.27. The molecule has 1 aliphatic rings. The molecular weight excluding hydrogens is 344 g/mol. The SMILES string of the molecule is CCc1[nH]c(=O)ccc1C(=O)N1CCC(Cc2cccc(C(=O)OC)c2)C1. The molecule has 1 aromatic carbocycles. The van der Waals surface area contributed by atoms with Crippen LogP contribution in [0.4, 0.5) is 0 Å². The number of nitrogens with one attached hydrogen (secondary N) is 1. The van der Waals surface area contributed by atoms with Crippen LogP contribution in [0.1, 0.15) is 45.3 Å². The number of esters is 1. The van der Waals surface area contributed by atoms with Crippen molar-refractivity contribution in [2.45, 2.75) is 26.2 Å². The molecule has 1 unspecified atom stereocenters. The van der Waals surface area contributed by atoms with Crippen LogP contribution in [0.5, 0.6) is 0 Å². The Morgan fingerprint density at radius 1 is 1.26 bits per heavy atom. The van der Waals surface area contributed by atoms with Crippen LogP contribution in [0, 0.1) is 5.92 Å². The first-order chi connectivity index (χ1) is 13.0. The van der Waals surface area contributed by atoms with Crippen LogP contribution in [0.25, 0.3) is 0 Å². The average Bonchev–Trinajstić information content (AvgIpc) is 3.15. The number of ether oxygens (including phenoxy) is 1. The van der Waals surface area contributed by atoms with Gasteiger partial charge in [0.1, 0.15) is 0 Å². The molecule has 1 aliphatic heterocycles. The fourth-order valence-electron chi connectivity index (χ4n) is 3.63. The zero-order chi connectivity index (χ0) is 19.4. The fourth-order valence-corrected chi connectivity index (χ4v) is 3.63. The number of carbonyl (C=O) groups is 2. The van der Waals surface area contributed by atoms with Crippen LogP contribution < -0.4 is 5.56 Å². The first kappa shape index (κ1) is 18.9. The van der Waals surface area contributed by atoms with Gasteiger partial charge < -0.3 is 14.6 Å². The zero-order valence-corrected chi connectivity index (χ0v) is 15.7. The summed E-state index contributed by atoms with van der Waals surface area (Å²) < 4.78 is 4.77. The summed E-state index contributed by atoms with van der Waals surface area (Å²) in [4.78, 5) is 40.6. The number of aryl methyl sites for hydroxylation is 1. The molecule has 0 bridgehead atoms. The van der Waals surface area contributed by atoms with E-state index in [9.17, 15) is 14.4 Å². The van der Waals surface area contributed by atoms with E-state index in [-0.39, 0.29) is 17.4 Å². The van der Waals surface area contributed by atoms with Gasteiger partial charge in [-0.15, -0.1) is 0 Å². The summed E-state index contributed by atoms with van der Waals surface area (Å²) in [6.07, 6.45) is 2.33. The van der Waals surface area contributed by atoms with Crippen molar-refractivity contribution in [1.29, 1.82) is 0 Å². The molecule has 2 heterocycles. The second-order valence-corrected chi connectivity index (χ2v) is 6.87. The maximum Gasteiger partial charge on any atom is 0.337 e. The van der Waals surface area contributed by atoms with E-state index in [0.29, 0.717) is 42.2 Å². The lowest BCUT2D eigenvalue weighted by Crippen LogP contribution is -2.30. The molecular formula is C21H24N2O4. The standard InChI is InChI=1S/C21H24N2O4/c1-3-18-17(7-8-19(24)22-18)20(25)23-10-9-15(13-23)11-14-5-4-6-16(12-14)21(26)27-2/h4-8,12,15H,3,9-11,13H2,1-2H3,(H,22,24). The van der Waals surface area contributed by atoms with Crippen LogP contribution >= 0.6 is 0 Å². The van der Waals surface area contributed by atoms with E-state index >= 15 is 0 Å². The quantitative estimate of drug-likeness (QED) is 0.822. The predicted molar refractivity (Wildman–Crippen MR) is 102 cm³/mol. The highest BCUT2D eigenvalue weighted by Gasteiger charge is 2.28. The number of aromatic amines is 1. The Morgan fingerprint density at radius 3 is 2.81 bits per heavy atom. The number of pyridine rings is 1. The van der Waals surface area contributed by atoms with Gasteiger partial charge in [0.2, 0.25) is 5.56 Å². The number of aromatic nitrogens is 1. The summed E-state index contributed by atoms with van der Waals surface area (Å²) in [7, 11) is 1.37. The minimum atomic E-state index is -0.342. The molecule has 2 aromatic rings. The van der Waals surface area contributed by atoms with Gasteiger partial charge in [-0.2, -0.15) is 0 Å². The van der Waals surface area contributed by atoms with Gasteiger partial charge in [0, 0.05) is 24.8 Å². The molecule has 1 N–H and O–H groups in total. The molecule has 3 rings (SSSR count). The molecule has 0 aliphatic carbocycles. The molecule has 0 spiro atoms. The van der Waals surface area contributed by atoms with Crippen molar-refractivity contribution in [2.75, 3.05) is 20.2 Å². The highest BCUT2D eigenvalue weighted by Crippen LogP contribution is 2.23. The minimum Gasteiger partial charge on any atom is -0.465 e. The Bertz CT molecular complexity index is 903. The lowest BCUT2D eigenvalue weighted by molar-refractivity contribution is 0.0600. The molecule has 142 valence electrons. The average molecular weight is 368 g/mol. The molecule has 27 heavy (non-hydrogen) atoms. The Morgan fingerprint density at radius 2 is 2.07 bits per heavy atom. The molecule has 1 fully saturated rings. The summed E-state index contributed by atoms with van der Waals surface area (Å²) in [5.74, 6) is -0.0335. The maximum absolute atomic E-state index is 12.9. The monoisotopic (exact) mass is 368 g/mol. The third-order valence-corrected chi connectivity index (χ3v) is 5.03. The zero-order valence-electron chi connectivity index (χ0n) is 15.7. The summed E-state index contributed by atoms with van der Waals surface area (Å²) in [5, 5.41) is 0. The normalized spacial score (nSPS) is 16.4. The first-order valence-corrected chi connectivity index (χ1v) is 9.20. The minimum absolute atomic E-state index is 0.0334. The van der Waals surface area contributed by atoms with Gasteiger partial charge >= 0.3 is 5.97 Å². The molecule has 6 heteroatoms. The molecule has 1 atom stereocenters. The third-order valence-electron chi connectivity index (χ3n) is 5.03. The lowest BCUT2D eigenvalue weighted by Gasteiger charge is -2.18. The van der Waals surface area contributed by atoms with E-state index in [2.05, 4.69) is 4.98 Å². The molecule has 6 nitrogen and oxygen atoms in total. The number of nitrogens with zero attached hydrogens (tertiary/aromatic N) is 1. The van der Waals surface area contributed by atoms with Gasteiger partial charge in [-0.05, 0) is 48.9 Å². The van der Waals surface area contributed by atoms with Crippen molar-refractivity contribution in [2.24, 2.45) is 5.92 Å². The van der Waals surface area contributed by atoms with Crippen molar-refractivity contribution in [3.63, 3.8) is 0 Å². The van der Waals surface area contributed by atoms with E-state index in [1.165, 1.54) is 13.2 Å². The molecule has 1 amide bonds. The van der Waals surface area contributed by atoms with E-state index in [4.69, 9.17) is 4.74 Å². The van der Waals surface area contributed by atoms with Crippen molar-refractivity contribution in [1.82, 2.24) is 9.88 Å². The maximum atomic E-state index is 12.9. The Labute approximate surface area is 158 Å². The van der Waals surface area contributed by atoms with Crippen LogP contribution in [0.2, 0.25) is 0 Å². The topological polar surface area (TPSA) is 79.5 Å². The van der Waals surface area contributed by atoms with Gasteiger partial charge in [-0.3, -0.25) is 9.59 Å². The summed E-state index contributed by atoms with van der Waals surface area (Å²) in [6, 6.07) is 10.5. The molecule has 0 saturated carbocycles. The second kappa shape index (κ2) is 8.20. The van der Waals surface area contributed by atoms with Crippen LogP contribution in [0.15, 0.2) is 41.2 Å². The largest absolute Gasteiger partial charge is 0.465 e. The number of amides is 1. The van der Waals surface area contributed by atoms with Crippen LogP contribution in [-0.4, -0.2) is 42.0 Å². The number of likely N-dealkylation sites (tertiary alicyclic amines) is 1. The number of hydrogen-bond acceptors (Lipinski definition) is 4. The van der Waals surface area contributed by atoms with Crippen molar-refractivity contribution in [3.05, 3.63) is 69.1 Å². The number of rotatable bonds is 5. The van der Waals surface area contributed by atoms with E-state index in [1.807, 2.05) is 30.0 Å². The van der Waals surface area contributed by atoms with Crippen LogP contribution in [0.3, 0.4) is 0 Å². The summed E-state index contributed by atoms with van der Waals surface area (Å²) >= 11 is 0. The van der Waals surface area contributed by atoms with Gasteiger partial charge in [0.25, 0.3) is 5.91 Å². The van der Waals surface area contributed by atoms with Crippen molar-refractivity contribution >= 4 is 11.9 Å². The van der Waals surface area contributed by atoms with Crippen LogP contribution in [-0.2, 0) is 17.6 Å².